The lowest BCUT2D eigenvalue weighted by molar-refractivity contribution is 0.0793. The number of rotatable bonds is 6. The fourth-order valence-electron chi connectivity index (χ4n) is 2.49. The molecule has 2 N–H and O–H groups in total. The number of carbonyl (C=O) groups is 1. The zero-order valence-electron chi connectivity index (χ0n) is 14.0. The predicted octanol–water partition coefficient (Wildman–Crippen LogP) is 3.29. The molecular formula is C19H24N2O2. The summed E-state index contributed by atoms with van der Waals surface area (Å²) in [6.07, 6.45) is 1.84. The maximum Gasteiger partial charge on any atom is 0.253 e. The van der Waals surface area contributed by atoms with Crippen molar-refractivity contribution >= 4 is 11.6 Å². The highest BCUT2D eigenvalue weighted by molar-refractivity contribution is 5.96. The Morgan fingerprint density at radius 1 is 1.17 bits per heavy atom. The fraction of sp³-hybridized carbons (Fsp3) is 0.316. The van der Waals surface area contributed by atoms with E-state index in [1.54, 1.807) is 18.1 Å². The zero-order valence-corrected chi connectivity index (χ0v) is 14.0. The summed E-state index contributed by atoms with van der Waals surface area (Å²) in [5.41, 5.74) is 9.27. The summed E-state index contributed by atoms with van der Waals surface area (Å²) >= 11 is 0. The Hall–Kier alpha value is -2.49. The van der Waals surface area contributed by atoms with Crippen molar-refractivity contribution in [2.45, 2.75) is 19.8 Å². The number of benzene rings is 2. The number of nitrogens with zero attached hydrogens (tertiary/aromatic N) is 1. The molecule has 0 bridgehead atoms. The van der Waals surface area contributed by atoms with E-state index in [1.807, 2.05) is 38.2 Å². The van der Waals surface area contributed by atoms with Gasteiger partial charge in [0.25, 0.3) is 5.91 Å². The second-order valence-electron chi connectivity index (χ2n) is 5.75. The molecule has 0 radical (unpaired) electrons. The van der Waals surface area contributed by atoms with E-state index in [1.165, 1.54) is 5.56 Å². The van der Waals surface area contributed by atoms with Crippen molar-refractivity contribution in [3.8, 4) is 5.75 Å². The molecule has 0 unspecified atom stereocenters. The van der Waals surface area contributed by atoms with Gasteiger partial charge in [0.2, 0.25) is 0 Å². The van der Waals surface area contributed by atoms with Crippen molar-refractivity contribution in [2.75, 3.05) is 26.4 Å². The molecule has 0 saturated heterocycles. The van der Waals surface area contributed by atoms with Gasteiger partial charge in [-0.1, -0.05) is 18.2 Å². The Labute approximate surface area is 137 Å². The van der Waals surface area contributed by atoms with Crippen LogP contribution in [0.25, 0.3) is 0 Å². The standard InChI is InChI=1S/C19H24N2O2/c1-14-6-9-16(20)13-18(14)19(22)21(2)12-4-5-15-7-10-17(23-3)11-8-15/h6-11,13H,4-5,12,20H2,1-3H3. The first-order valence-electron chi connectivity index (χ1n) is 7.76. The second-order valence-corrected chi connectivity index (χ2v) is 5.75. The summed E-state index contributed by atoms with van der Waals surface area (Å²) in [6.45, 7) is 2.64. The van der Waals surface area contributed by atoms with E-state index in [2.05, 4.69) is 12.1 Å². The number of methoxy groups -OCH3 is 1. The van der Waals surface area contributed by atoms with Gasteiger partial charge in [0, 0.05) is 24.8 Å². The van der Waals surface area contributed by atoms with Crippen molar-refractivity contribution in [3.05, 3.63) is 59.2 Å². The van der Waals surface area contributed by atoms with Gasteiger partial charge in [-0.3, -0.25) is 4.79 Å². The van der Waals surface area contributed by atoms with Gasteiger partial charge in [-0.2, -0.15) is 0 Å². The van der Waals surface area contributed by atoms with Crippen LogP contribution in [0.1, 0.15) is 27.9 Å². The van der Waals surface area contributed by atoms with E-state index < -0.39 is 0 Å². The van der Waals surface area contributed by atoms with E-state index >= 15 is 0 Å². The summed E-state index contributed by atoms with van der Waals surface area (Å²) in [5, 5.41) is 0. The van der Waals surface area contributed by atoms with Gasteiger partial charge < -0.3 is 15.4 Å². The SMILES string of the molecule is COc1ccc(CCCN(C)C(=O)c2cc(N)ccc2C)cc1. The summed E-state index contributed by atoms with van der Waals surface area (Å²) in [6, 6.07) is 13.5. The quantitative estimate of drug-likeness (QED) is 0.833. The molecule has 23 heavy (non-hydrogen) atoms. The number of hydrogen-bond donors (Lipinski definition) is 1. The van der Waals surface area contributed by atoms with E-state index in [4.69, 9.17) is 10.5 Å². The Balaban J connectivity index is 1.89. The maximum atomic E-state index is 12.5. The Bertz CT molecular complexity index is 666. The van der Waals surface area contributed by atoms with Crippen molar-refractivity contribution in [2.24, 2.45) is 0 Å². The third-order valence-electron chi connectivity index (χ3n) is 3.96. The van der Waals surface area contributed by atoms with Crippen LogP contribution in [0.15, 0.2) is 42.5 Å². The van der Waals surface area contributed by atoms with Crippen LogP contribution in [-0.2, 0) is 6.42 Å². The van der Waals surface area contributed by atoms with Gasteiger partial charge in [-0.25, -0.2) is 0 Å². The molecule has 4 nitrogen and oxygen atoms in total. The largest absolute Gasteiger partial charge is 0.497 e. The molecule has 122 valence electrons. The molecule has 0 aliphatic carbocycles. The van der Waals surface area contributed by atoms with Gasteiger partial charge in [0.05, 0.1) is 7.11 Å². The molecule has 2 aromatic rings. The predicted molar refractivity (Wildman–Crippen MR) is 93.9 cm³/mol. The zero-order chi connectivity index (χ0) is 16.8. The van der Waals surface area contributed by atoms with Gasteiger partial charge in [-0.15, -0.1) is 0 Å². The highest BCUT2D eigenvalue weighted by Gasteiger charge is 2.14. The highest BCUT2D eigenvalue weighted by atomic mass is 16.5. The van der Waals surface area contributed by atoms with Crippen molar-refractivity contribution in [3.63, 3.8) is 0 Å². The number of carbonyl (C=O) groups excluding carboxylic acids is 1. The number of nitrogen functional groups attached to an aromatic ring is 1. The summed E-state index contributed by atoms with van der Waals surface area (Å²) < 4.78 is 5.15. The molecule has 0 heterocycles. The van der Waals surface area contributed by atoms with Crippen LogP contribution < -0.4 is 10.5 Å². The molecule has 0 aliphatic rings. The van der Waals surface area contributed by atoms with Crippen LogP contribution >= 0.6 is 0 Å². The van der Waals surface area contributed by atoms with Crippen LogP contribution in [-0.4, -0.2) is 31.5 Å². The van der Waals surface area contributed by atoms with E-state index in [9.17, 15) is 4.79 Å². The van der Waals surface area contributed by atoms with Gasteiger partial charge in [0.15, 0.2) is 0 Å². The molecule has 2 rings (SSSR count). The first-order chi connectivity index (χ1) is 11.0. The Morgan fingerprint density at radius 2 is 1.87 bits per heavy atom. The monoisotopic (exact) mass is 312 g/mol. The first kappa shape index (κ1) is 16.9. The molecule has 0 spiro atoms. The average molecular weight is 312 g/mol. The first-order valence-corrected chi connectivity index (χ1v) is 7.76. The molecule has 0 saturated carbocycles. The lowest BCUT2D eigenvalue weighted by atomic mass is 10.1. The van der Waals surface area contributed by atoms with Crippen molar-refractivity contribution < 1.29 is 9.53 Å². The summed E-state index contributed by atoms with van der Waals surface area (Å²) in [5.74, 6) is 0.878. The lowest BCUT2D eigenvalue weighted by Crippen LogP contribution is -2.28. The normalized spacial score (nSPS) is 10.4. The topological polar surface area (TPSA) is 55.6 Å². The van der Waals surface area contributed by atoms with Crippen molar-refractivity contribution in [1.29, 1.82) is 0 Å². The summed E-state index contributed by atoms with van der Waals surface area (Å²) in [7, 11) is 3.49. The smallest absolute Gasteiger partial charge is 0.253 e. The minimum Gasteiger partial charge on any atom is -0.497 e. The lowest BCUT2D eigenvalue weighted by Gasteiger charge is -2.18. The number of aryl methyl sites for hydroxylation is 2. The minimum absolute atomic E-state index is 0.0181. The third-order valence-corrected chi connectivity index (χ3v) is 3.96. The number of hydrogen-bond acceptors (Lipinski definition) is 3. The minimum atomic E-state index is 0.0181. The van der Waals surface area contributed by atoms with Crippen LogP contribution in [0, 0.1) is 6.92 Å². The Morgan fingerprint density at radius 3 is 2.52 bits per heavy atom. The number of ether oxygens (including phenoxy) is 1. The molecule has 1 amide bonds. The summed E-state index contributed by atoms with van der Waals surface area (Å²) in [4.78, 5) is 14.3. The second kappa shape index (κ2) is 7.68. The number of nitrogens with two attached hydrogens (primary N) is 1. The van der Waals surface area contributed by atoms with E-state index in [0.29, 0.717) is 17.8 Å². The van der Waals surface area contributed by atoms with Crippen molar-refractivity contribution in [1.82, 2.24) is 4.90 Å². The van der Waals surface area contributed by atoms with Crippen LogP contribution in [0.5, 0.6) is 5.75 Å². The van der Waals surface area contributed by atoms with Gasteiger partial charge in [0.1, 0.15) is 5.75 Å². The molecule has 0 aromatic heterocycles. The van der Waals surface area contributed by atoms with Crippen LogP contribution in [0.3, 0.4) is 0 Å². The highest BCUT2D eigenvalue weighted by Crippen LogP contribution is 2.16. The average Bonchev–Trinajstić information content (AvgIpc) is 2.57. The maximum absolute atomic E-state index is 12.5. The van der Waals surface area contributed by atoms with Crippen LogP contribution in [0.4, 0.5) is 5.69 Å². The van der Waals surface area contributed by atoms with Gasteiger partial charge >= 0.3 is 0 Å². The third kappa shape index (κ3) is 4.49. The number of amides is 1. The van der Waals surface area contributed by atoms with E-state index in [-0.39, 0.29) is 5.91 Å². The molecule has 0 fully saturated rings. The Kier molecular flexibility index (Phi) is 5.63. The van der Waals surface area contributed by atoms with Gasteiger partial charge in [-0.05, 0) is 55.2 Å². The molecule has 0 atom stereocenters. The fourth-order valence-corrected chi connectivity index (χ4v) is 2.49. The van der Waals surface area contributed by atoms with Crippen LogP contribution in [0.2, 0.25) is 0 Å². The van der Waals surface area contributed by atoms with E-state index in [0.717, 1.165) is 24.2 Å². The molecule has 0 aliphatic heterocycles. The molecule has 2 aromatic carbocycles. The molecular weight excluding hydrogens is 288 g/mol. The number of anilines is 1. The molecule has 4 heteroatoms.